The maximum Gasteiger partial charge on any atom is 0.325 e. The van der Waals surface area contributed by atoms with Crippen LogP contribution in [0.25, 0.3) is 22.3 Å². The molecule has 0 aliphatic carbocycles. The number of fused-ring (bicyclic) bond motifs is 5. The Labute approximate surface area is 265 Å². The number of rotatable bonds is 2. The molecule has 0 saturated carbocycles. The molecule has 25 heteroatoms. The fourth-order valence-electron chi connectivity index (χ4n) is 5.23. The summed E-state index contributed by atoms with van der Waals surface area (Å²) in [7, 11) is 0. The summed E-state index contributed by atoms with van der Waals surface area (Å²) in [4.78, 5) is 45.8. The number of imidazole rings is 2. The van der Waals surface area contributed by atoms with E-state index in [9.17, 15) is 9.69 Å². The van der Waals surface area contributed by atoms with E-state index in [1.54, 1.807) is 0 Å². The van der Waals surface area contributed by atoms with Gasteiger partial charge in [0.2, 0.25) is 11.6 Å². The standard InChI is InChI=1S/C20H22F2N10O8P2S3/c21-8-6-1-35-41(34,43)39-12-7(38-18(9(12)22)31-4-27-10-14(23)25-3-26-15(10)31)2-36-42(44,45)40-13(8)19(37-6)32-5-28-11-16(32)29-20(24)30-17(11)33/h3-9,12-13,18-19H,1-2H2,(H,34,43)(H,44,45)(H2,23,25,26)(H3,24,29,30,33)/t6-,7-,8-,9+,12-,13-,18-,19-,41?/m1/s1. The van der Waals surface area contributed by atoms with Crippen LogP contribution in [0.2, 0.25) is 0 Å². The van der Waals surface area contributed by atoms with Gasteiger partial charge in [0.25, 0.3) is 5.56 Å². The quantitative estimate of drug-likeness (QED) is 0.142. The van der Waals surface area contributed by atoms with Gasteiger partial charge in [0.1, 0.15) is 36.3 Å². The topological polar surface area (TPSA) is 235 Å². The lowest BCUT2D eigenvalue weighted by atomic mass is 10.1. The van der Waals surface area contributed by atoms with Crippen molar-refractivity contribution in [2.75, 3.05) is 24.7 Å². The van der Waals surface area contributed by atoms with Crippen LogP contribution in [0.3, 0.4) is 0 Å². The first-order chi connectivity index (χ1) is 21.3. The molecule has 2 unspecified atom stereocenters. The van der Waals surface area contributed by atoms with Crippen molar-refractivity contribution in [2.45, 2.75) is 49.2 Å². The van der Waals surface area contributed by atoms with Gasteiger partial charge in [-0.1, -0.05) is 12.2 Å². The number of aromatic amines is 1. The van der Waals surface area contributed by atoms with Gasteiger partial charge in [-0.15, -0.1) is 0 Å². The molecule has 3 saturated heterocycles. The SMILES string of the molecule is Nc1nc2c(ncn2[C@@H]2O[C@@H]3COP(O)(=S)O[C@H]4[C@H](F)[C@H](n5cnc6c(N)ncnc65)O[C@@H]4COP(=S)(S)O[C@@H]2[C@@H]3F)c(=O)[nH]1. The minimum Gasteiger partial charge on any atom is -0.382 e. The number of nitrogen functional groups attached to an aromatic ring is 2. The van der Waals surface area contributed by atoms with E-state index in [1.807, 2.05) is 0 Å². The van der Waals surface area contributed by atoms with Gasteiger partial charge in [-0.3, -0.25) is 23.4 Å². The normalized spacial score (nSPS) is 37.7. The fraction of sp³-hybridized carbons (Fsp3) is 0.500. The number of H-pyrrole nitrogens is 1. The molecule has 6 N–H and O–H groups in total. The van der Waals surface area contributed by atoms with Crippen molar-refractivity contribution < 1.29 is 41.2 Å². The molecule has 4 aromatic rings. The molecule has 3 aliphatic heterocycles. The maximum absolute atomic E-state index is 16.0. The van der Waals surface area contributed by atoms with Crippen LogP contribution in [0.15, 0.2) is 23.8 Å². The Bertz CT molecular complexity index is 1950. The second kappa shape index (κ2) is 11.5. The van der Waals surface area contributed by atoms with Crippen LogP contribution in [-0.2, 0) is 51.2 Å². The number of aromatic nitrogens is 8. The van der Waals surface area contributed by atoms with Crippen LogP contribution in [0.5, 0.6) is 0 Å². The average molecular weight is 727 g/mol. The highest BCUT2D eigenvalue weighted by Gasteiger charge is 2.53. The summed E-state index contributed by atoms with van der Waals surface area (Å²) in [5.74, 6) is -0.156. The average Bonchev–Trinajstić information content (AvgIpc) is 3.72. The predicted octanol–water partition coefficient (Wildman–Crippen LogP) is 0.783. The van der Waals surface area contributed by atoms with Crippen molar-refractivity contribution in [2.24, 2.45) is 0 Å². The molecule has 7 heterocycles. The van der Waals surface area contributed by atoms with Crippen molar-refractivity contribution in [3.05, 3.63) is 29.3 Å². The molecule has 10 atom stereocenters. The van der Waals surface area contributed by atoms with Gasteiger partial charge in [0, 0.05) is 0 Å². The number of hydrogen-bond acceptors (Lipinski definition) is 16. The van der Waals surface area contributed by atoms with E-state index in [4.69, 9.17) is 62.6 Å². The maximum atomic E-state index is 16.0. The zero-order valence-corrected chi connectivity index (χ0v) is 26.6. The summed E-state index contributed by atoms with van der Waals surface area (Å²) in [5, 5.41) is 0. The molecule has 18 nitrogen and oxygen atoms in total. The molecular weight excluding hydrogens is 704 g/mol. The third-order valence-electron chi connectivity index (χ3n) is 7.23. The molecule has 3 aliphatic rings. The van der Waals surface area contributed by atoms with Crippen LogP contribution in [-0.4, -0.2) is 93.9 Å². The number of hydrogen-bond donors (Lipinski definition) is 5. The number of anilines is 2. The van der Waals surface area contributed by atoms with Gasteiger partial charge < -0.3 is 39.4 Å². The summed E-state index contributed by atoms with van der Waals surface area (Å²) in [5.41, 5.74) is 7.52. The van der Waals surface area contributed by atoms with E-state index < -0.39 is 80.4 Å². The number of ether oxygens (including phenoxy) is 2. The van der Waals surface area contributed by atoms with Crippen molar-refractivity contribution in [3.8, 4) is 0 Å². The van der Waals surface area contributed by atoms with Crippen LogP contribution in [0.4, 0.5) is 20.5 Å². The second-order valence-corrected chi connectivity index (χ2v) is 18.1. The summed E-state index contributed by atoms with van der Waals surface area (Å²) in [6, 6.07) is 0. The van der Waals surface area contributed by atoms with Crippen LogP contribution >= 0.6 is 24.7 Å². The molecule has 7 rings (SSSR count). The van der Waals surface area contributed by atoms with Crippen molar-refractivity contribution in [1.29, 1.82) is 0 Å². The molecule has 3 fully saturated rings. The lowest BCUT2D eigenvalue weighted by Crippen LogP contribution is -2.34. The van der Waals surface area contributed by atoms with Gasteiger partial charge >= 0.3 is 6.72 Å². The smallest absolute Gasteiger partial charge is 0.325 e. The lowest BCUT2D eigenvalue weighted by molar-refractivity contribution is -0.0555. The van der Waals surface area contributed by atoms with Gasteiger partial charge in [-0.05, 0) is 23.6 Å². The lowest BCUT2D eigenvalue weighted by Gasteiger charge is -2.28. The highest BCUT2D eigenvalue weighted by molar-refractivity contribution is 8.60. The molecule has 0 aromatic carbocycles. The third kappa shape index (κ3) is 5.68. The first-order valence-electron chi connectivity index (χ1n) is 12.9. The van der Waals surface area contributed by atoms with Crippen molar-refractivity contribution in [3.63, 3.8) is 0 Å². The molecule has 45 heavy (non-hydrogen) atoms. The Hall–Kier alpha value is -2.27. The van der Waals surface area contributed by atoms with Gasteiger partial charge in [-0.2, -0.15) is 4.98 Å². The first-order valence-corrected chi connectivity index (χ1v) is 19.3. The van der Waals surface area contributed by atoms with E-state index >= 15 is 8.78 Å². The van der Waals surface area contributed by atoms with Crippen LogP contribution in [0.1, 0.15) is 12.5 Å². The molecule has 0 amide bonds. The first kappa shape index (κ1) is 31.3. The largest absolute Gasteiger partial charge is 0.382 e. The van der Waals surface area contributed by atoms with Crippen molar-refractivity contribution in [1.82, 2.24) is 39.0 Å². The highest BCUT2D eigenvalue weighted by Crippen LogP contribution is 2.59. The number of alkyl halides is 2. The van der Waals surface area contributed by atoms with Crippen LogP contribution in [0, 0.1) is 0 Å². The molecule has 242 valence electrons. The molecule has 4 aromatic heterocycles. The molecule has 0 spiro atoms. The number of nitrogens with one attached hydrogen (secondary N) is 1. The van der Waals surface area contributed by atoms with E-state index in [-0.39, 0.29) is 34.1 Å². The Morgan fingerprint density at radius 1 is 0.933 bits per heavy atom. The zero-order valence-electron chi connectivity index (χ0n) is 22.3. The van der Waals surface area contributed by atoms with Crippen molar-refractivity contribution >= 4 is 82.4 Å². The summed E-state index contributed by atoms with van der Waals surface area (Å²) in [6.07, 6.45) is -8.76. The highest BCUT2D eigenvalue weighted by atomic mass is 32.9. The third-order valence-corrected chi connectivity index (χ3v) is 11.0. The van der Waals surface area contributed by atoms with Crippen LogP contribution < -0.4 is 17.0 Å². The monoisotopic (exact) mass is 726 g/mol. The number of halogens is 2. The Kier molecular flexibility index (Phi) is 7.98. The van der Waals surface area contributed by atoms with E-state index in [1.165, 1.54) is 28.1 Å². The number of nitrogens with zero attached hydrogens (tertiary/aromatic N) is 7. The Morgan fingerprint density at radius 3 is 2.40 bits per heavy atom. The van der Waals surface area contributed by atoms with E-state index in [2.05, 4.69) is 42.2 Å². The zero-order chi connectivity index (χ0) is 31.8. The fourth-order valence-corrected chi connectivity index (χ4v) is 8.60. The molecular formula is C20H22F2N10O8P2S3. The number of nitrogens with two attached hydrogens (primary N) is 2. The van der Waals surface area contributed by atoms with Gasteiger partial charge in [0.05, 0.1) is 25.9 Å². The second-order valence-electron chi connectivity index (χ2n) is 10.0. The molecule has 2 bridgehead atoms. The Balaban J connectivity index is 1.21. The predicted molar refractivity (Wildman–Crippen MR) is 161 cm³/mol. The minimum absolute atomic E-state index is 0.0324. The Morgan fingerprint density at radius 2 is 1.62 bits per heavy atom. The number of thiol groups is 1. The minimum atomic E-state index is -4.27. The van der Waals surface area contributed by atoms with E-state index in [0.717, 1.165) is 0 Å². The molecule has 0 radical (unpaired) electrons. The van der Waals surface area contributed by atoms with Gasteiger partial charge in [0.15, 0.2) is 47.4 Å². The van der Waals surface area contributed by atoms with Gasteiger partial charge in [-0.25, -0.2) is 28.7 Å². The van der Waals surface area contributed by atoms with E-state index in [0.29, 0.717) is 0 Å². The summed E-state index contributed by atoms with van der Waals surface area (Å²) in [6.45, 7) is -5.40. The summed E-state index contributed by atoms with van der Waals surface area (Å²) >= 11 is 15.0. The summed E-state index contributed by atoms with van der Waals surface area (Å²) < 4.78 is 69.0.